The van der Waals surface area contributed by atoms with Gasteiger partial charge in [0.15, 0.2) is 0 Å². The molecule has 2 amide bonds. The zero-order valence-electron chi connectivity index (χ0n) is 27.7. The maximum absolute atomic E-state index is 14.8. The molecule has 1 aromatic rings. The second kappa shape index (κ2) is 14.9. The smallest absolute Gasteiger partial charge is 0.312 e. The second-order valence-electron chi connectivity index (χ2n) is 12.9. The third kappa shape index (κ3) is 6.43. The van der Waals surface area contributed by atoms with Crippen molar-refractivity contribution in [1.82, 2.24) is 4.90 Å². The Balaban J connectivity index is 1.70. The Morgan fingerprint density at radius 3 is 2.38 bits per heavy atom. The van der Waals surface area contributed by atoms with Crippen molar-refractivity contribution in [2.45, 2.75) is 89.9 Å². The van der Waals surface area contributed by atoms with Crippen molar-refractivity contribution < 1.29 is 29.0 Å². The van der Waals surface area contributed by atoms with Crippen LogP contribution >= 0.6 is 0 Å². The number of carbonyl (C=O) groups excluding carboxylic acids is 3. The first kappa shape index (κ1) is 34.7. The van der Waals surface area contributed by atoms with E-state index in [2.05, 4.69) is 31.9 Å². The summed E-state index contributed by atoms with van der Waals surface area (Å²) in [6.45, 7) is 18.5. The van der Waals surface area contributed by atoms with Crippen molar-refractivity contribution in [3.05, 3.63) is 49.6 Å². The van der Waals surface area contributed by atoms with Crippen LogP contribution in [0.4, 0.5) is 11.4 Å². The molecule has 1 spiro atoms. The Morgan fingerprint density at radius 1 is 1.07 bits per heavy atom. The molecule has 248 valence electrons. The van der Waals surface area contributed by atoms with E-state index in [1.54, 1.807) is 15.9 Å². The predicted molar refractivity (Wildman–Crippen MR) is 177 cm³/mol. The first-order valence-corrected chi connectivity index (χ1v) is 16.8. The van der Waals surface area contributed by atoms with E-state index >= 15 is 0 Å². The molecule has 2 bridgehead atoms. The minimum atomic E-state index is -1.15. The van der Waals surface area contributed by atoms with Crippen LogP contribution in [-0.2, 0) is 23.9 Å². The highest BCUT2D eigenvalue weighted by atomic mass is 16.6. The van der Waals surface area contributed by atoms with Gasteiger partial charge in [0, 0.05) is 44.2 Å². The number of aliphatic hydroxyl groups is 1. The third-order valence-electron chi connectivity index (χ3n) is 10.3. The monoisotopic (exact) mass is 623 g/mol. The van der Waals surface area contributed by atoms with Crippen LogP contribution in [0.3, 0.4) is 0 Å². The minimum absolute atomic E-state index is 0.0642. The van der Waals surface area contributed by atoms with E-state index in [1.165, 1.54) is 0 Å². The van der Waals surface area contributed by atoms with Crippen LogP contribution in [-0.4, -0.2) is 84.4 Å². The number of unbranched alkanes of at least 4 members (excludes halogenated alkanes) is 4. The molecular formula is C36H53N3O6. The molecule has 3 aliphatic rings. The van der Waals surface area contributed by atoms with Crippen LogP contribution in [0.25, 0.3) is 0 Å². The van der Waals surface area contributed by atoms with Gasteiger partial charge in [-0.1, -0.05) is 19.1 Å². The summed E-state index contributed by atoms with van der Waals surface area (Å²) in [5, 5.41) is 9.35. The summed E-state index contributed by atoms with van der Waals surface area (Å²) in [7, 11) is 0. The van der Waals surface area contributed by atoms with E-state index in [-0.39, 0.29) is 37.5 Å². The molecule has 3 unspecified atom stereocenters. The zero-order chi connectivity index (χ0) is 32.8. The molecule has 6 atom stereocenters. The molecule has 0 saturated carbocycles. The Labute approximate surface area is 269 Å². The summed E-state index contributed by atoms with van der Waals surface area (Å²) in [5.74, 6) is -2.55. The van der Waals surface area contributed by atoms with Gasteiger partial charge in [-0.05, 0) is 95.9 Å². The summed E-state index contributed by atoms with van der Waals surface area (Å²) >= 11 is 0. The van der Waals surface area contributed by atoms with E-state index in [4.69, 9.17) is 9.47 Å². The lowest BCUT2D eigenvalue weighted by Gasteiger charge is -2.37. The fraction of sp³-hybridized carbons (Fsp3) is 0.639. The lowest BCUT2D eigenvalue weighted by molar-refractivity contribution is -0.161. The molecule has 0 aliphatic carbocycles. The van der Waals surface area contributed by atoms with Crippen LogP contribution in [0.5, 0.6) is 0 Å². The number of fused-ring (bicyclic) bond motifs is 1. The molecule has 9 heteroatoms. The summed E-state index contributed by atoms with van der Waals surface area (Å²) in [6, 6.07) is 7.01. The topological polar surface area (TPSA) is 99.6 Å². The molecule has 4 rings (SSSR count). The number of benzene rings is 1. The normalized spacial score (nSPS) is 28.2. The van der Waals surface area contributed by atoms with Crippen LogP contribution in [0, 0.1) is 17.8 Å². The van der Waals surface area contributed by atoms with Gasteiger partial charge in [0.25, 0.3) is 5.91 Å². The number of aliphatic hydroxyl groups excluding tert-OH is 1. The predicted octanol–water partition coefficient (Wildman–Crippen LogP) is 5.12. The minimum Gasteiger partial charge on any atom is -0.465 e. The molecule has 1 N–H and O–H groups in total. The van der Waals surface area contributed by atoms with Crippen molar-refractivity contribution >= 4 is 29.2 Å². The molecule has 3 saturated heterocycles. The zero-order valence-corrected chi connectivity index (χ0v) is 27.7. The van der Waals surface area contributed by atoms with Gasteiger partial charge >= 0.3 is 5.97 Å². The van der Waals surface area contributed by atoms with E-state index in [9.17, 15) is 19.5 Å². The van der Waals surface area contributed by atoms with Gasteiger partial charge in [0.1, 0.15) is 17.6 Å². The molecule has 45 heavy (non-hydrogen) atoms. The van der Waals surface area contributed by atoms with Gasteiger partial charge in [-0.15, -0.1) is 13.2 Å². The van der Waals surface area contributed by atoms with Crippen LogP contribution in [0.1, 0.15) is 72.6 Å². The number of hydrogen-bond acceptors (Lipinski definition) is 7. The Morgan fingerprint density at radius 2 is 1.76 bits per heavy atom. The highest BCUT2D eigenvalue weighted by molar-refractivity contribution is 6.05. The van der Waals surface area contributed by atoms with Gasteiger partial charge < -0.3 is 29.3 Å². The van der Waals surface area contributed by atoms with Gasteiger partial charge in [-0.2, -0.15) is 0 Å². The Hall–Kier alpha value is -3.17. The molecule has 9 nitrogen and oxygen atoms in total. The van der Waals surface area contributed by atoms with Crippen molar-refractivity contribution in [2.75, 3.05) is 49.2 Å². The number of esters is 1. The van der Waals surface area contributed by atoms with Gasteiger partial charge in [0.05, 0.1) is 18.1 Å². The van der Waals surface area contributed by atoms with Crippen molar-refractivity contribution in [3.8, 4) is 0 Å². The number of anilines is 2. The molecule has 0 radical (unpaired) electrons. The quantitative estimate of drug-likeness (QED) is 0.138. The van der Waals surface area contributed by atoms with Gasteiger partial charge in [-0.25, -0.2) is 0 Å². The molecular weight excluding hydrogens is 570 g/mol. The van der Waals surface area contributed by atoms with Crippen LogP contribution in [0.2, 0.25) is 0 Å². The highest BCUT2D eigenvalue weighted by Gasteiger charge is 2.80. The standard InChI is InChI=1S/C36H53N3O6/c1-7-11-12-16-24-44-34(43)30-29-32(41)39(22-14-13-15-23-40)31(36(29)25-26(5)35(30,6)45-36)33(42)38(21-8-2)28-19-17-27(18-20-28)37(9-3)10-4/h7-8,17-20,26,29-31,40H,1-2,9-16,21-25H2,3-6H3/t26?,29-,30-,31?,35+,36?/m0/s1. The van der Waals surface area contributed by atoms with Crippen molar-refractivity contribution in [1.29, 1.82) is 0 Å². The van der Waals surface area contributed by atoms with E-state index in [1.807, 2.05) is 44.2 Å². The summed E-state index contributed by atoms with van der Waals surface area (Å²) < 4.78 is 12.6. The fourth-order valence-corrected chi connectivity index (χ4v) is 7.87. The van der Waals surface area contributed by atoms with Crippen LogP contribution in [0.15, 0.2) is 49.6 Å². The number of rotatable bonds is 18. The number of ether oxygens (including phenoxy) is 2. The highest BCUT2D eigenvalue weighted by Crippen LogP contribution is 2.65. The third-order valence-corrected chi connectivity index (χ3v) is 10.3. The molecule has 0 aromatic heterocycles. The number of amides is 2. The average Bonchev–Trinajstić information content (AvgIpc) is 3.54. The van der Waals surface area contributed by atoms with Crippen molar-refractivity contribution in [2.24, 2.45) is 17.8 Å². The summed E-state index contributed by atoms with van der Waals surface area (Å²) in [4.78, 5) is 48.6. The largest absolute Gasteiger partial charge is 0.465 e. The second-order valence-corrected chi connectivity index (χ2v) is 12.9. The maximum atomic E-state index is 14.8. The van der Waals surface area contributed by atoms with Gasteiger partial charge in [-0.3, -0.25) is 14.4 Å². The number of nitrogens with zero attached hydrogens (tertiary/aromatic N) is 3. The molecule has 1 aromatic carbocycles. The average molecular weight is 624 g/mol. The Bertz CT molecular complexity index is 1220. The first-order chi connectivity index (χ1) is 21.6. The van der Waals surface area contributed by atoms with E-state index < -0.39 is 35.0 Å². The first-order valence-electron chi connectivity index (χ1n) is 16.8. The maximum Gasteiger partial charge on any atom is 0.312 e. The number of allylic oxidation sites excluding steroid dienone is 1. The fourth-order valence-electron chi connectivity index (χ4n) is 7.87. The van der Waals surface area contributed by atoms with Crippen LogP contribution < -0.4 is 9.80 Å². The molecule has 3 fully saturated rings. The number of likely N-dealkylation sites (tertiary alicyclic amines) is 1. The number of carbonyl (C=O) groups is 3. The van der Waals surface area contributed by atoms with Crippen molar-refractivity contribution in [3.63, 3.8) is 0 Å². The van der Waals surface area contributed by atoms with Gasteiger partial charge in [0.2, 0.25) is 5.91 Å². The number of hydrogen-bond donors (Lipinski definition) is 1. The summed E-state index contributed by atoms with van der Waals surface area (Å²) in [5.41, 5.74) is -0.285. The van der Waals surface area contributed by atoms with E-state index in [0.717, 1.165) is 31.6 Å². The SMILES string of the molecule is C=CCCCCOC(=O)[C@@H]1[C@H]2C(=O)N(CCCCCO)C(C(=O)N(CC=C)c3ccc(N(CC)CC)cc3)C23CC(C)[C@@]1(C)O3. The summed E-state index contributed by atoms with van der Waals surface area (Å²) in [6.07, 6.45) is 8.41. The lowest BCUT2D eigenvalue weighted by atomic mass is 9.62. The van der Waals surface area contributed by atoms with E-state index in [0.29, 0.717) is 44.3 Å². The Kier molecular flexibility index (Phi) is 11.5. The molecule has 3 aliphatic heterocycles. The molecule has 3 heterocycles. The lowest BCUT2D eigenvalue weighted by Crippen LogP contribution is -2.57.